The molecule has 0 aromatic heterocycles. The van der Waals surface area contributed by atoms with Gasteiger partial charge in [0.05, 0.1) is 44.7 Å². The van der Waals surface area contributed by atoms with Crippen LogP contribution in [0.3, 0.4) is 0 Å². The van der Waals surface area contributed by atoms with Gasteiger partial charge in [-0.25, -0.2) is 18.2 Å². The average Bonchev–Trinajstić information content (AvgIpc) is 2.96. The SMILES string of the molecule is CC/C(=N/NC(=O)CN(c1ccc(F)cc1)S(=O)(=O)c1ccc(OC)c(OC)c1)c1ccc(OC)c(OC)c1. The maximum atomic E-state index is 13.7. The molecule has 0 saturated heterocycles. The van der Waals surface area contributed by atoms with Crippen LogP contribution < -0.4 is 28.7 Å². The van der Waals surface area contributed by atoms with E-state index >= 15 is 0 Å². The topological polar surface area (TPSA) is 116 Å². The predicted molar refractivity (Wildman–Crippen MR) is 145 cm³/mol. The molecule has 0 bridgehead atoms. The van der Waals surface area contributed by atoms with E-state index in [2.05, 4.69) is 10.5 Å². The highest BCUT2D eigenvalue weighted by Gasteiger charge is 2.28. The molecule has 0 aliphatic rings. The van der Waals surface area contributed by atoms with E-state index in [0.717, 1.165) is 16.4 Å². The highest BCUT2D eigenvalue weighted by atomic mass is 32.2. The second-order valence-corrected chi connectivity index (χ2v) is 9.88. The monoisotopic (exact) mass is 559 g/mol. The molecule has 39 heavy (non-hydrogen) atoms. The fraction of sp³-hybridized carbons (Fsp3) is 0.259. The number of nitrogens with zero attached hydrogens (tertiary/aromatic N) is 2. The van der Waals surface area contributed by atoms with E-state index in [9.17, 15) is 17.6 Å². The molecule has 10 nitrogen and oxygen atoms in total. The van der Waals surface area contributed by atoms with Crippen molar-refractivity contribution in [3.05, 3.63) is 72.0 Å². The minimum Gasteiger partial charge on any atom is -0.493 e. The number of hydrazone groups is 1. The summed E-state index contributed by atoms with van der Waals surface area (Å²) in [6.07, 6.45) is 0.460. The molecule has 1 N–H and O–H groups in total. The van der Waals surface area contributed by atoms with Crippen LogP contribution in [0.2, 0.25) is 0 Å². The third-order valence-corrected chi connectivity index (χ3v) is 7.48. The molecule has 0 heterocycles. The molecule has 12 heteroatoms. The quantitative estimate of drug-likeness (QED) is 0.264. The molecule has 0 aliphatic heterocycles. The Balaban J connectivity index is 1.93. The Morgan fingerprint density at radius 1 is 0.846 bits per heavy atom. The van der Waals surface area contributed by atoms with Gasteiger partial charge in [0.25, 0.3) is 15.9 Å². The van der Waals surface area contributed by atoms with Crippen LogP contribution in [0.25, 0.3) is 0 Å². The molecule has 3 rings (SSSR count). The standard InChI is InChI=1S/C27H30FN3O7S/c1-6-22(18-7-13-23(35-2)25(15-18)37-4)29-30-27(32)17-31(20-10-8-19(28)9-11-20)39(33,34)21-12-14-24(36-3)26(16-21)38-5/h7-16H,6,17H2,1-5H3,(H,30,32)/b29-22-. The minimum atomic E-state index is -4.30. The van der Waals surface area contributed by atoms with Gasteiger partial charge in [-0.2, -0.15) is 5.10 Å². The van der Waals surface area contributed by atoms with Gasteiger partial charge in [0, 0.05) is 11.6 Å². The number of rotatable bonds is 12. The number of halogens is 1. The number of amides is 1. The average molecular weight is 560 g/mol. The molecule has 0 atom stereocenters. The van der Waals surface area contributed by atoms with Gasteiger partial charge in [-0.1, -0.05) is 6.92 Å². The van der Waals surface area contributed by atoms with Crippen molar-refractivity contribution in [2.45, 2.75) is 18.2 Å². The molecule has 0 spiro atoms. The summed E-state index contributed by atoms with van der Waals surface area (Å²) in [5, 5.41) is 4.21. The van der Waals surface area contributed by atoms with Crippen LogP contribution in [0, 0.1) is 5.82 Å². The molecular formula is C27H30FN3O7S. The lowest BCUT2D eigenvalue weighted by molar-refractivity contribution is -0.119. The molecule has 0 aliphatic carbocycles. The number of sulfonamides is 1. The number of hydrogen-bond donors (Lipinski definition) is 1. The Hall–Kier alpha value is -4.32. The van der Waals surface area contributed by atoms with Gasteiger partial charge in [0.15, 0.2) is 23.0 Å². The molecule has 0 fully saturated rings. The summed E-state index contributed by atoms with van der Waals surface area (Å²) in [5.41, 5.74) is 3.72. The molecule has 3 aromatic carbocycles. The van der Waals surface area contributed by atoms with Gasteiger partial charge >= 0.3 is 0 Å². The van der Waals surface area contributed by atoms with Crippen LogP contribution in [0.1, 0.15) is 18.9 Å². The second-order valence-electron chi connectivity index (χ2n) is 8.02. The lowest BCUT2D eigenvalue weighted by Gasteiger charge is -2.24. The van der Waals surface area contributed by atoms with Gasteiger partial charge in [-0.05, 0) is 61.0 Å². The molecular weight excluding hydrogens is 529 g/mol. The van der Waals surface area contributed by atoms with Gasteiger partial charge < -0.3 is 18.9 Å². The predicted octanol–water partition coefficient (Wildman–Crippen LogP) is 3.99. The van der Waals surface area contributed by atoms with E-state index in [4.69, 9.17) is 18.9 Å². The number of hydrogen-bond acceptors (Lipinski definition) is 8. The molecule has 208 valence electrons. The number of benzene rings is 3. The summed E-state index contributed by atoms with van der Waals surface area (Å²) < 4.78 is 62.8. The highest BCUT2D eigenvalue weighted by molar-refractivity contribution is 7.92. The zero-order valence-electron chi connectivity index (χ0n) is 22.2. The van der Waals surface area contributed by atoms with Gasteiger partial charge in [0.1, 0.15) is 12.4 Å². The maximum Gasteiger partial charge on any atom is 0.264 e. The van der Waals surface area contributed by atoms with Crippen LogP contribution in [-0.2, 0) is 14.8 Å². The van der Waals surface area contributed by atoms with Crippen molar-refractivity contribution in [2.75, 3.05) is 39.3 Å². The van der Waals surface area contributed by atoms with E-state index in [0.29, 0.717) is 34.9 Å². The third-order valence-electron chi connectivity index (χ3n) is 5.71. The van der Waals surface area contributed by atoms with Crippen LogP contribution in [0.15, 0.2) is 70.7 Å². The fourth-order valence-electron chi connectivity index (χ4n) is 3.69. The Morgan fingerprint density at radius 3 is 1.97 bits per heavy atom. The lowest BCUT2D eigenvalue weighted by atomic mass is 10.1. The Labute approximate surface area is 227 Å². The first-order valence-corrected chi connectivity index (χ1v) is 13.2. The molecule has 0 radical (unpaired) electrons. The van der Waals surface area contributed by atoms with E-state index in [1.54, 1.807) is 18.2 Å². The number of ether oxygens (including phenoxy) is 4. The van der Waals surface area contributed by atoms with E-state index in [1.165, 1.54) is 58.8 Å². The maximum absolute atomic E-state index is 13.7. The van der Waals surface area contributed by atoms with E-state index in [-0.39, 0.29) is 16.3 Å². The van der Waals surface area contributed by atoms with Crippen LogP contribution in [-0.4, -0.2) is 55.0 Å². The zero-order valence-corrected chi connectivity index (χ0v) is 23.0. The molecule has 0 unspecified atom stereocenters. The number of nitrogens with one attached hydrogen (secondary N) is 1. The number of carbonyl (C=O) groups excluding carboxylic acids is 1. The van der Waals surface area contributed by atoms with Crippen molar-refractivity contribution in [1.29, 1.82) is 0 Å². The first-order valence-electron chi connectivity index (χ1n) is 11.8. The zero-order chi connectivity index (χ0) is 28.6. The van der Waals surface area contributed by atoms with Crippen molar-refractivity contribution in [3.8, 4) is 23.0 Å². The number of anilines is 1. The third kappa shape index (κ3) is 6.77. The summed E-state index contributed by atoms with van der Waals surface area (Å²) in [6.45, 7) is 1.22. The molecule has 1 amide bonds. The van der Waals surface area contributed by atoms with Gasteiger partial charge in [-0.15, -0.1) is 0 Å². The van der Waals surface area contributed by atoms with Crippen LogP contribution >= 0.6 is 0 Å². The molecule has 0 saturated carbocycles. The van der Waals surface area contributed by atoms with Crippen molar-refractivity contribution in [1.82, 2.24) is 5.43 Å². The summed E-state index contributed by atoms with van der Waals surface area (Å²) in [5.74, 6) is 0.281. The van der Waals surface area contributed by atoms with Crippen LogP contribution in [0.4, 0.5) is 10.1 Å². The largest absolute Gasteiger partial charge is 0.493 e. The first-order chi connectivity index (χ1) is 18.7. The number of carbonyl (C=O) groups is 1. The summed E-state index contributed by atoms with van der Waals surface area (Å²) in [7, 11) is 1.54. The van der Waals surface area contributed by atoms with Gasteiger partial charge in [-0.3, -0.25) is 9.10 Å². The molecule has 3 aromatic rings. The highest BCUT2D eigenvalue weighted by Crippen LogP contribution is 2.32. The summed E-state index contributed by atoms with van der Waals surface area (Å²) in [4.78, 5) is 12.8. The number of methoxy groups -OCH3 is 4. The van der Waals surface area contributed by atoms with Crippen molar-refractivity contribution in [2.24, 2.45) is 5.10 Å². The Kier molecular flexibility index (Phi) is 9.72. The normalized spacial score (nSPS) is 11.5. The van der Waals surface area contributed by atoms with Crippen LogP contribution in [0.5, 0.6) is 23.0 Å². The first kappa shape index (κ1) is 29.2. The summed E-state index contributed by atoms with van der Waals surface area (Å²) >= 11 is 0. The lowest BCUT2D eigenvalue weighted by Crippen LogP contribution is -2.39. The Morgan fingerprint density at radius 2 is 1.41 bits per heavy atom. The van der Waals surface area contributed by atoms with E-state index in [1.807, 2.05) is 6.92 Å². The van der Waals surface area contributed by atoms with Crippen molar-refractivity contribution in [3.63, 3.8) is 0 Å². The second kappa shape index (κ2) is 13.0. The smallest absolute Gasteiger partial charge is 0.264 e. The van der Waals surface area contributed by atoms with E-state index < -0.39 is 28.3 Å². The fourth-order valence-corrected chi connectivity index (χ4v) is 5.12. The summed E-state index contributed by atoms with van der Waals surface area (Å²) in [6, 6.07) is 14.0. The Bertz CT molecular complexity index is 1440. The van der Waals surface area contributed by atoms with Crippen molar-refractivity contribution >= 4 is 27.3 Å². The van der Waals surface area contributed by atoms with Crippen molar-refractivity contribution < 1.29 is 36.6 Å². The van der Waals surface area contributed by atoms with Gasteiger partial charge in [0.2, 0.25) is 0 Å². The minimum absolute atomic E-state index is 0.0842.